The molecule has 3 nitrogen and oxygen atoms in total. The molecule has 0 bridgehead atoms. The number of anilines is 1. The van der Waals surface area contributed by atoms with E-state index < -0.39 is 11.6 Å². The van der Waals surface area contributed by atoms with E-state index in [9.17, 15) is 8.78 Å². The van der Waals surface area contributed by atoms with Gasteiger partial charge in [0.25, 0.3) is 0 Å². The molecule has 0 aliphatic carbocycles. The smallest absolute Gasteiger partial charge is 0.168 e. The highest BCUT2D eigenvalue weighted by Gasteiger charge is 2.13. The van der Waals surface area contributed by atoms with Gasteiger partial charge in [0, 0.05) is 12.1 Å². The van der Waals surface area contributed by atoms with Gasteiger partial charge in [0.2, 0.25) is 0 Å². The normalized spacial score (nSPS) is 10.4. The molecular formula is C13H13F2N3. The quantitative estimate of drug-likeness (QED) is 0.908. The summed E-state index contributed by atoms with van der Waals surface area (Å²) in [5.74, 6) is -1.13. The standard InChI is InChI=1S/C13H13F2N3/c1-3-16-11-7-6-10(17-18-11)9-5-4-8(2)12(14)13(9)15/h4-7H,3H2,1-2H3,(H,16,18). The molecule has 2 rings (SSSR count). The van der Waals surface area contributed by atoms with Crippen molar-refractivity contribution in [2.24, 2.45) is 0 Å². The number of nitrogens with one attached hydrogen (secondary N) is 1. The van der Waals surface area contributed by atoms with Crippen molar-refractivity contribution in [2.45, 2.75) is 13.8 Å². The molecule has 0 amide bonds. The lowest BCUT2D eigenvalue weighted by molar-refractivity contribution is 0.505. The number of halogens is 2. The van der Waals surface area contributed by atoms with E-state index in [1.807, 2.05) is 6.92 Å². The van der Waals surface area contributed by atoms with Crippen LogP contribution in [0.5, 0.6) is 0 Å². The number of nitrogens with zero attached hydrogens (tertiary/aromatic N) is 2. The lowest BCUT2D eigenvalue weighted by Crippen LogP contribution is -2.01. The van der Waals surface area contributed by atoms with Crippen LogP contribution < -0.4 is 5.32 Å². The van der Waals surface area contributed by atoms with Crippen molar-refractivity contribution in [2.75, 3.05) is 11.9 Å². The van der Waals surface area contributed by atoms with Crippen molar-refractivity contribution in [3.63, 3.8) is 0 Å². The van der Waals surface area contributed by atoms with Gasteiger partial charge < -0.3 is 5.32 Å². The lowest BCUT2D eigenvalue weighted by Gasteiger charge is -2.06. The van der Waals surface area contributed by atoms with Crippen LogP contribution in [-0.4, -0.2) is 16.7 Å². The van der Waals surface area contributed by atoms with E-state index in [1.165, 1.54) is 19.1 Å². The van der Waals surface area contributed by atoms with Gasteiger partial charge in [-0.1, -0.05) is 6.07 Å². The van der Waals surface area contributed by atoms with Crippen LogP contribution in [-0.2, 0) is 0 Å². The summed E-state index contributed by atoms with van der Waals surface area (Å²) >= 11 is 0. The summed E-state index contributed by atoms with van der Waals surface area (Å²) in [5.41, 5.74) is 0.704. The molecule has 18 heavy (non-hydrogen) atoms. The Balaban J connectivity index is 2.40. The third-order valence-corrected chi connectivity index (χ3v) is 2.57. The molecule has 0 radical (unpaired) electrons. The van der Waals surface area contributed by atoms with Crippen molar-refractivity contribution in [3.05, 3.63) is 41.5 Å². The molecule has 5 heteroatoms. The Bertz CT molecular complexity index is 553. The fourth-order valence-electron chi connectivity index (χ4n) is 1.60. The Hall–Kier alpha value is -2.04. The number of hydrogen-bond donors (Lipinski definition) is 1. The molecule has 0 unspecified atom stereocenters. The van der Waals surface area contributed by atoms with Gasteiger partial charge in [-0.05, 0) is 37.6 Å². The van der Waals surface area contributed by atoms with E-state index in [4.69, 9.17) is 0 Å². The topological polar surface area (TPSA) is 37.8 Å². The lowest BCUT2D eigenvalue weighted by atomic mass is 10.1. The van der Waals surface area contributed by atoms with Crippen molar-refractivity contribution >= 4 is 5.82 Å². The summed E-state index contributed by atoms with van der Waals surface area (Å²) in [4.78, 5) is 0. The van der Waals surface area contributed by atoms with Crippen molar-refractivity contribution in [1.29, 1.82) is 0 Å². The van der Waals surface area contributed by atoms with Crippen LogP contribution in [0, 0.1) is 18.6 Å². The Morgan fingerprint density at radius 1 is 1.06 bits per heavy atom. The Kier molecular flexibility index (Phi) is 3.50. The predicted molar refractivity (Wildman–Crippen MR) is 66.3 cm³/mol. The van der Waals surface area contributed by atoms with Gasteiger partial charge in [-0.15, -0.1) is 10.2 Å². The van der Waals surface area contributed by atoms with Gasteiger partial charge in [0.1, 0.15) is 5.82 Å². The summed E-state index contributed by atoms with van der Waals surface area (Å²) in [6.07, 6.45) is 0. The molecule has 94 valence electrons. The van der Waals surface area contributed by atoms with E-state index in [1.54, 1.807) is 12.1 Å². The first-order chi connectivity index (χ1) is 8.63. The minimum atomic E-state index is -0.888. The third kappa shape index (κ3) is 2.30. The van der Waals surface area contributed by atoms with Crippen LogP contribution in [0.3, 0.4) is 0 Å². The average molecular weight is 249 g/mol. The van der Waals surface area contributed by atoms with E-state index >= 15 is 0 Å². The summed E-state index contributed by atoms with van der Waals surface area (Å²) in [5, 5.41) is 10.7. The number of hydrogen-bond acceptors (Lipinski definition) is 3. The molecular weight excluding hydrogens is 236 g/mol. The number of rotatable bonds is 3. The molecule has 0 atom stereocenters. The van der Waals surface area contributed by atoms with Crippen molar-refractivity contribution in [1.82, 2.24) is 10.2 Å². The molecule has 0 spiro atoms. The number of aryl methyl sites for hydroxylation is 1. The molecule has 0 aliphatic heterocycles. The molecule has 1 aromatic heterocycles. The number of benzene rings is 1. The van der Waals surface area contributed by atoms with Gasteiger partial charge in [-0.3, -0.25) is 0 Å². The number of aromatic nitrogens is 2. The zero-order valence-electron chi connectivity index (χ0n) is 10.2. The van der Waals surface area contributed by atoms with Gasteiger partial charge >= 0.3 is 0 Å². The Morgan fingerprint density at radius 2 is 1.83 bits per heavy atom. The molecule has 1 heterocycles. The predicted octanol–water partition coefficient (Wildman–Crippen LogP) is 3.16. The second-order valence-corrected chi connectivity index (χ2v) is 3.89. The molecule has 0 aliphatic rings. The second kappa shape index (κ2) is 5.08. The molecule has 1 aromatic carbocycles. The highest BCUT2D eigenvalue weighted by Crippen LogP contribution is 2.24. The van der Waals surface area contributed by atoms with Crippen molar-refractivity contribution < 1.29 is 8.78 Å². The van der Waals surface area contributed by atoms with Crippen LogP contribution in [0.15, 0.2) is 24.3 Å². The van der Waals surface area contributed by atoms with E-state index in [-0.39, 0.29) is 11.1 Å². The summed E-state index contributed by atoms with van der Waals surface area (Å²) in [6, 6.07) is 6.32. The maximum atomic E-state index is 13.7. The first kappa shape index (κ1) is 12.4. The zero-order valence-corrected chi connectivity index (χ0v) is 10.2. The molecule has 0 fully saturated rings. The summed E-state index contributed by atoms with van der Waals surface area (Å²) < 4.78 is 27.2. The van der Waals surface area contributed by atoms with Gasteiger partial charge in [-0.25, -0.2) is 8.78 Å². The largest absolute Gasteiger partial charge is 0.369 e. The fourth-order valence-corrected chi connectivity index (χ4v) is 1.60. The molecule has 0 saturated heterocycles. The minimum Gasteiger partial charge on any atom is -0.369 e. The molecule has 0 saturated carbocycles. The SMILES string of the molecule is CCNc1ccc(-c2ccc(C)c(F)c2F)nn1. The van der Waals surface area contributed by atoms with Gasteiger partial charge in [-0.2, -0.15) is 0 Å². The fraction of sp³-hybridized carbons (Fsp3) is 0.231. The highest BCUT2D eigenvalue weighted by atomic mass is 19.2. The van der Waals surface area contributed by atoms with E-state index in [0.29, 0.717) is 11.5 Å². The first-order valence-corrected chi connectivity index (χ1v) is 5.66. The summed E-state index contributed by atoms with van der Waals surface area (Å²) in [6.45, 7) is 4.17. The van der Waals surface area contributed by atoms with Crippen LogP contribution in [0.25, 0.3) is 11.3 Å². The highest BCUT2D eigenvalue weighted by molar-refractivity contribution is 5.61. The Morgan fingerprint density at radius 3 is 2.44 bits per heavy atom. The van der Waals surface area contributed by atoms with Crippen LogP contribution in [0.2, 0.25) is 0 Å². The first-order valence-electron chi connectivity index (χ1n) is 5.66. The van der Waals surface area contributed by atoms with Gasteiger partial charge in [0.15, 0.2) is 11.6 Å². The van der Waals surface area contributed by atoms with Crippen LogP contribution in [0.1, 0.15) is 12.5 Å². The monoisotopic (exact) mass is 249 g/mol. The van der Waals surface area contributed by atoms with Crippen molar-refractivity contribution in [3.8, 4) is 11.3 Å². The maximum Gasteiger partial charge on any atom is 0.168 e. The van der Waals surface area contributed by atoms with E-state index in [0.717, 1.165) is 6.54 Å². The average Bonchev–Trinajstić information content (AvgIpc) is 2.38. The second-order valence-electron chi connectivity index (χ2n) is 3.89. The Labute approximate surface area is 104 Å². The van der Waals surface area contributed by atoms with Crippen LogP contribution >= 0.6 is 0 Å². The molecule has 2 aromatic rings. The zero-order chi connectivity index (χ0) is 13.1. The summed E-state index contributed by atoms with van der Waals surface area (Å²) in [7, 11) is 0. The molecule has 1 N–H and O–H groups in total. The van der Waals surface area contributed by atoms with Crippen LogP contribution in [0.4, 0.5) is 14.6 Å². The minimum absolute atomic E-state index is 0.119. The van der Waals surface area contributed by atoms with Gasteiger partial charge in [0.05, 0.1) is 5.69 Å². The third-order valence-electron chi connectivity index (χ3n) is 2.57. The maximum absolute atomic E-state index is 13.7. The van der Waals surface area contributed by atoms with E-state index in [2.05, 4.69) is 15.5 Å².